The van der Waals surface area contributed by atoms with E-state index in [1.54, 1.807) is 6.21 Å². The third-order valence-corrected chi connectivity index (χ3v) is 4.52. The molecule has 5 nitrogen and oxygen atoms in total. The fourth-order valence-electron chi connectivity index (χ4n) is 2.73. The van der Waals surface area contributed by atoms with Gasteiger partial charge in [-0.3, -0.25) is 4.79 Å². The highest BCUT2D eigenvalue weighted by Gasteiger charge is 2.29. The van der Waals surface area contributed by atoms with Crippen LogP contribution in [0, 0.1) is 0 Å². The van der Waals surface area contributed by atoms with Crippen molar-refractivity contribution in [2.24, 2.45) is 5.10 Å². The molecule has 0 bridgehead atoms. The molecule has 2 unspecified atom stereocenters. The summed E-state index contributed by atoms with van der Waals surface area (Å²) < 4.78 is 0. The Morgan fingerprint density at radius 1 is 1.20 bits per heavy atom. The Kier molecular flexibility index (Phi) is 5.81. The molecule has 1 aliphatic heterocycles. The van der Waals surface area contributed by atoms with Crippen molar-refractivity contribution in [3.05, 3.63) is 70.2 Å². The average Bonchev–Trinajstić information content (AvgIpc) is 3.13. The van der Waals surface area contributed by atoms with Crippen LogP contribution < -0.4 is 16.3 Å². The van der Waals surface area contributed by atoms with E-state index in [-0.39, 0.29) is 18.0 Å². The van der Waals surface area contributed by atoms with Gasteiger partial charge >= 0.3 is 0 Å². The van der Waals surface area contributed by atoms with Gasteiger partial charge in [-0.2, -0.15) is 5.10 Å². The van der Waals surface area contributed by atoms with Crippen LogP contribution in [-0.4, -0.2) is 18.2 Å². The number of nitrogens with one attached hydrogen (secondary N) is 3. The lowest BCUT2D eigenvalue weighted by molar-refractivity contribution is -0.122. The van der Waals surface area contributed by atoms with Gasteiger partial charge in [0.2, 0.25) is 0 Å². The van der Waals surface area contributed by atoms with Crippen LogP contribution >= 0.6 is 11.6 Å². The number of halogens is 1. The van der Waals surface area contributed by atoms with Crippen LogP contribution in [0.3, 0.4) is 0 Å². The SMILES string of the molecule is CCc1ccc(/C=N/NC(=O)C2CC(c3ccc(Cl)cc3)NN2)cc1. The lowest BCUT2D eigenvalue weighted by atomic mass is 10.0. The third kappa shape index (κ3) is 4.66. The molecule has 0 radical (unpaired) electrons. The highest BCUT2D eigenvalue weighted by atomic mass is 35.5. The van der Waals surface area contributed by atoms with E-state index in [9.17, 15) is 4.79 Å². The number of hydrogen-bond acceptors (Lipinski definition) is 4. The number of amides is 1. The molecule has 0 spiro atoms. The van der Waals surface area contributed by atoms with Crippen molar-refractivity contribution < 1.29 is 4.79 Å². The average molecular weight is 357 g/mol. The molecule has 3 rings (SSSR count). The first kappa shape index (κ1) is 17.6. The van der Waals surface area contributed by atoms with Crippen LogP contribution in [0.1, 0.15) is 36.1 Å². The molecule has 6 heteroatoms. The predicted molar refractivity (Wildman–Crippen MR) is 100 cm³/mol. The molecule has 0 saturated carbocycles. The lowest BCUT2D eigenvalue weighted by Crippen LogP contribution is -2.41. The van der Waals surface area contributed by atoms with Gasteiger partial charge in [0.1, 0.15) is 6.04 Å². The monoisotopic (exact) mass is 356 g/mol. The Morgan fingerprint density at radius 3 is 2.60 bits per heavy atom. The van der Waals surface area contributed by atoms with E-state index in [2.05, 4.69) is 40.4 Å². The molecule has 2 aromatic rings. The van der Waals surface area contributed by atoms with Crippen LogP contribution in [0.5, 0.6) is 0 Å². The Labute approximate surface area is 152 Å². The number of carbonyl (C=O) groups is 1. The van der Waals surface area contributed by atoms with Gasteiger partial charge in [-0.05, 0) is 41.7 Å². The van der Waals surface area contributed by atoms with Gasteiger partial charge in [0.15, 0.2) is 0 Å². The van der Waals surface area contributed by atoms with Crippen LogP contribution in [0.4, 0.5) is 0 Å². The number of hydrazone groups is 1. The molecule has 1 saturated heterocycles. The van der Waals surface area contributed by atoms with E-state index >= 15 is 0 Å². The lowest BCUT2D eigenvalue weighted by Gasteiger charge is -2.09. The summed E-state index contributed by atoms with van der Waals surface area (Å²) in [5, 5.41) is 4.74. The van der Waals surface area contributed by atoms with Crippen molar-refractivity contribution >= 4 is 23.7 Å². The summed E-state index contributed by atoms with van der Waals surface area (Å²) in [6, 6.07) is 15.4. The topological polar surface area (TPSA) is 65.5 Å². The maximum atomic E-state index is 12.2. The fourth-order valence-corrected chi connectivity index (χ4v) is 2.86. The van der Waals surface area contributed by atoms with E-state index in [0.29, 0.717) is 11.4 Å². The minimum atomic E-state index is -0.333. The van der Waals surface area contributed by atoms with Crippen LogP contribution in [0.15, 0.2) is 53.6 Å². The van der Waals surface area contributed by atoms with E-state index in [0.717, 1.165) is 17.5 Å². The molecule has 1 amide bonds. The largest absolute Gasteiger partial charge is 0.271 e. The number of carbonyl (C=O) groups excluding carboxylic acids is 1. The van der Waals surface area contributed by atoms with Gasteiger partial charge < -0.3 is 0 Å². The number of aryl methyl sites for hydroxylation is 1. The molecule has 130 valence electrons. The number of rotatable bonds is 5. The van der Waals surface area contributed by atoms with Crippen LogP contribution in [-0.2, 0) is 11.2 Å². The first-order valence-electron chi connectivity index (χ1n) is 8.34. The van der Waals surface area contributed by atoms with Gasteiger partial charge in [-0.1, -0.05) is 54.9 Å². The molecule has 3 N–H and O–H groups in total. The summed E-state index contributed by atoms with van der Waals surface area (Å²) in [4.78, 5) is 12.2. The van der Waals surface area contributed by atoms with Gasteiger partial charge in [0.05, 0.1) is 6.21 Å². The highest BCUT2D eigenvalue weighted by Crippen LogP contribution is 2.23. The number of benzene rings is 2. The first-order valence-corrected chi connectivity index (χ1v) is 8.72. The minimum absolute atomic E-state index is 0.0681. The van der Waals surface area contributed by atoms with Crippen molar-refractivity contribution in [1.29, 1.82) is 0 Å². The quantitative estimate of drug-likeness (QED) is 0.570. The van der Waals surface area contributed by atoms with Gasteiger partial charge in [0.25, 0.3) is 5.91 Å². The van der Waals surface area contributed by atoms with Gasteiger partial charge in [-0.15, -0.1) is 0 Å². The summed E-state index contributed by atoms with van der Waals surface area (Å²) in [7, 11) is 0. The summed E-state index contributed by atoms with van der Waals surface area (Å²) in [6.45, 7) is 2.11. The van der Waals surface area contributed by atoms with Crippen LogP contribution in [0.2, 0.25) is 5.02 Å². The van der Waals surface area contributed by atoms with Crippen molar-refractivity contribution in [3.63, 3.8) is 0 Å². The Balaban J connectivity index is 1.51. The second-order valence-electron chi connectivity index (χ2n) is 6.01. The van der Waals surface area contributed by atoms with Gasteiger partial charge in [-0.25, -0.2) is 16.3 Å². The first-order chi connectivity index (χ1) is 12.2. The second kappa shape index (κ2) is 8.25. The molecule has 25 heavy (non-hydrogen) atoms. The smallest absolute Gasteiger partial charge is 0.258 e. The Morgan fingerprint density at radius 2 is 1.92 bits per heavy atom. The maximum Gasteiger partial charge on any atom is 0.258 e. The minimum Gasteiger partial charge on any atom is -0.271 e. The summed E-state index contributed by atoms with van der Waals surface area (Å²) >= 11 is 5.91. The fraction of sp³-hybridized carbons (Fsp3) is 0.263. The number of nitrogens with zero attached hydrogens (tertiary/aromatic N) is 1. The van der Waals surface area contributed by atoms with Crippen molar-refractivity contribution in [2.75, 3.05) is 0 Å². The summed E-state index contributed by atoms with van der Waals surface area (Å²) in [5.74, 6) is -0.162. The zero-order valence-corrected chi connectivity index (χ0v) is 14.8. The third-order valence-electron chi connectivity index (χ3n) is 4.27. The van der Waals surface area contributed by atoms with E-state index in [1.165, 1.54) is 5.56 Å². The van der Waals surface area contributed by atoms with Crippen LogP contribution in [0.25, 0.3) is 0 Å². The van der Waals surface area contributed by atoms with E-state index in [4.69, 9.17) is 11.6 Å². The van der Waals surface area contributed by atoms with Crippen molar-refractivity contribution in [2.45, 2.75) is 31.8 Å². The van der Waals surface area contributed by atoms with E-state index < -0.39 is 0 Å². The Hall–Kier alpha value is -2.21. The molecular weight excluding hydrogens is 336 g/mol. The zero-order chi connectivity index (χ0) is 17.6. The van der Waals surface area contributed by atoms with E-state index in [1.807, 2.05) is 36.4 Å². The van der Waals surface area contributed by atoms with Crippen molar-refractivity contribution in [3.8, 4) is 0 Å². The van der Waals surface area contributed by atoms with Crippen molar-refractivity contribution in [1.82, 2.24) is 16.3 Å². The molecule has 2 aromatic carbocycles. The summed E-state index contributed by atoms with van der Waals surface area (Å²) in [6.07, 6.45) is 3.30. The highest BCUT2D eigenvalue weighted by molar-refractivity contribution is 6.30. The molecule has 2 atom stereocenters. The maximum absolute atomic E-state index is 12.2. The van der Waals surface area contributed by atoms with Gasteiger partial charge in [0, 0.05) is 11.1 Å². The molecule has 1 fully saturated rings. The molecule has 1 aliphatic rings. The molecule has 0 aliphatic carbocycles. The zero-order valence-electron chi connectivity index (χ0n) is 14.0. The predicted octanol–water partition coefficient (Wildman–Crippen LogP) is 2.96. The summed E-state index contributed by atoms with van der Waals surface area (Å²) in [5.41, 5.74) is 12.1. The Bertz CT molecular complexity index is 743. The number of hydrazine groups is 1. The molecule has 0 aromatic heterocycles. The normalized spacial score (nSPS) is 20.1. The molecular formula is C19H21ClN4O. The standard InChI is InChI=1S/C19H21ClN4O/c1-2-13-3-5-14(6-4-13)12-21-24-19(25)18-11-17(22-23-18)15-7-9-16(20)10-8-15/h3-10,12,17-18,22-23H,2,11H2,1H3,(H,24,25)/b21-12+. The second-order valence-corrected chi connectivity index (χ2v) is 6.45. The molecule has 1 heterocycles. The number of hydrogen-bond donors (Lipinski definition) is 3.